The molecule has 1 saturated heterocycles. The zero-order valence-electron chi connectivity index (χ0n) is 12.2. The van der Waals surface area contributed by atoms with E-state index in [4.69, 9.17) is 16.3 Å². The molecular weight excluding hydrogens is 302 g/mol. The summed E-state index contributed by atoms with van der Waals surface area (Å²) < 4.78 is 9.39. The molecule has 1 fully saturated rings. The van der Waals surface area contributed by atoms with Crippen LogP contribution in [-0.2, 0) is 24.2 Å². The second-order valence-corrected chi connectivity index (χ2v) is 5.80. The Morgan fingerprint density at radius 3 is 2.91 bits per heavy atom. The molecule has 0 radical (unpaired) electrons. The number of aryl methyl sites for hydroxylation is 1. The Bertz CT molecular complexity index is 821. The number of ether oxygens (including phenoxy) is 1. The van der Waals surface area contributed by atoms with Gasteiger partial charge in [0.25, 0.3) is 0 Å². The van der Waals surface area contributed by atoms with E-state index in [9.17, 15) is 0 Å². The first-order valence-electron chi connectivity index (χ1n) is 7.28. The molecule has 3 aromatic rings. The van der Waals surface area contributed by atoms with Crippen LogP contribution in [0.1, 0.15) is 12.2 Å². The van der Waals surface area contributed by atoms with Crippen molar-refractivity contribution >= 4 is 22.6 Å². The molecule has 2 aromatic heterocycles. The third-order valence-electron chi connectivity index (χ3n) is 4.02. The SMILES string of the molecule is Cn1cc(-c2ccc3c(c2)nc(CCl)n3C[C@@H]2CCO2)nn1. The summed E-state index contributed by atoms with van der Waals surface area (Å²) in [5.41, 5.74) is 3.86. The van der Waals surface area contributed by atoms with Gasteiger partial charge in [0, 0.05) is 19.2 Å². The topological polar surface area (TPSA) is 57.8 Å². The Kier molecular flexibility index (Phi) is 3.35. The lowest BCUT2D eigenvalue weighted by Crippen LogP contribution is -2.31. The molecule has 22 heavy (non-hydrogen) atoms. The van der Waals surface area contributed by atoms with E-state index in [2.05, 4.69) is 25.9 Å². The van der Waals surface area contributed by atoms with E-state index in [1.54, 1.807) is 4.68 Å². The Balaban J connectivity index is 1.76. The second-order valence-electron chi connectivity index (χ2n) is 5.53. The van der Waals surface area contributed by atoms with E-state index < -0.39 is 0 Å². The molecule has 0 bridgehead atoms. The normalized spacial score (nSPS) is 17.8. The molecule has 7 heteroatoms. The number of halogens is 1. The summed E-state index contributed by atoms with van der Waals surface area (Å²) in [5.74, 6) is 1.27. The summed E-state index contributed by atoms with van der Waals surface area (Å²) in [6.07, 6.45) is 3.26. The lowest BCUT2D eigenvalue weighted by Gasteiger charge is -2.27. The quantitative estimate of drug-likeness (QED) is 0.693. The average molecular weight is 318 g/mol. The minimum Gasteiger partial charge on any atom is -0.376 e. The summed E-state index contributed by atoms with van der Waals surface area (Å²) in [4.78, 5) is 4.66. The molecule has 1 aromatic carbocycles. The van der Waals surface area contributed by atoms with Gasteiger partial charge in [-0.15, -0.1) is 16.7 Å². The fourth-order valence-corrected chi connectivity index (χ4v) is 2.96. The molecule has 6 nitrogen and oxygen atoms in total. The summed E-state index contributed by atoms with van der Waals surface area (Å²) in [5, 5.41) is 8.12. The van der Waals surface area contributed by atoms with Crippen LogP contribution in [0.25, 0.3) is 22.3 Å². The molecular formula is C15H16ClN5O. The molecule has 0 N–H and O–H groups in total. The second kappa shape index (κ2) is 5.37. The first-order chi connectivity index (χ1) is 10.7. The minimum absolute atomic E-state index is 0.277. The maximum atomic E-state index is 6.06. The lowest BCUT2D eigenvalue weighted by molar-refractivity contribution is -0.0589. The van der Waals surface area contributed by atoms with E-state index in [0.29, 0.717) is 5.88 Å². The Morgan fingerprint density at radius 2 is 2.27 bits per heavy atom. The fraction of sp³-hybridized carbons (Fsp3) is 0.400. The third kappa shape index (κ3) is 2.28. The molecule has 3 heterocycles. The van der Waals surface area contributed by atoms with E-state index in [0.717, 1.165) is 47.7 Å². The molecule has 0 amide bonds. The first kappa shape index (κ1) is 13.7. The largest absolute Gasteiger partial charge is 0.376 e. The number of hydrogen-bond donors (Lipinski definition) is 0. The van der Waals surface area contributed by atoms with Gasteiger partial charge in [-0.2, -0.15) is 0 Å². The summed E-state index contributed by atoms with van der Waals surface area (Å²) in [6.45, 7) is 1.66. The summed E-state index contributed by atoms with van der Waals surface area (Å²) in [6, 6.07) is 6.15. The van der Waals surface area contributed by atoms with Crippen LogP contribution in [0, 0.1) is 0 Å². The average Bonchev–Trinajstić information content (AvgIpc) is 3.05. The van der Waals surface area contributed by atoms with Gasteiger partial charge in [-0.25, -0.2) is 4.98 Å². The third-order valence-corrected chi connectivity index (χ3v) is 4.26. The predicted octanol–water partition coefficient (Wildman–Crippen LogP) is 2.36. The Hall–Kier alpha value is -1.92. The van der Waals surface area contributed by atoms with Crippen LogP contribution in [0.5, 0.6) is 0 Å². The van der Waals surface area contributed by atoms with Crippen molar-refractivity contribution in [2.24, 2.45) is 7.05 Å². The van der Waals surface area contributed by atoms with Crippen LogP contribution >= 0.6 is 11.6 Å². The van der Waals surface area contributed by atoms with E-state index in [1.165, 1.54) is 0 Å². The van der Waals surface area contributed by atoms with Crippen molar-refractivity contribution in [1.82, 2.24) is 24.5 Å². The number of aromatic nitrogens is 5. The molecule has 1 aliphatic rings. The summed E-state index contributed by atoms with van der Waals surface area (Å²) in [7, 11) is 1.86. The van der Waals surface area contributed by atoms with Gasteiger partial charge in [0.1, 0.15) is 11.5 Å². The fourth-order valence-electron chi connectivity index (χ4n) is 2.76. The standard InChI is InChI=1S/C15H16ClN5O/c1-20-9-13(18-19-20)10-2-3-14-12(6-10)17-15(7-16)21(14)8-11-4-5-22-11/h2-3,6,9,11H,4-5,7-8H2,1H3/t11-/m0/s1. The highest BCUT2D eigenvalue weighted by Gasteiger charge is 2.21. The first-order valence-corrected chi connectivity index (χ1v) is 7.81. The van der Waals surface area contributed by atoms with E-state index in [1.807, 2.05) is 25.4 Å². The monoisotopic (exact) mass is 317 g/mol. The maximum absolute atomic E-state index is 6.06. The van der Waals surface area contributed by atoms with Crippen molar-refractivity contribution in [3.8, 4) is 11.3 Å². The minimum atomic E-state index is 0.277. The smallest absolute Gasteiger partial charge is 0.124 e. The molecule has 1 atom stereocenters. The van der Waals surface area contributed by atoms with E-state index in [-0.39, 0.29) is 6.10 Å². The Labute approximate surface area is 132 Å². The molecule has 1 aliphatic heterocycles. The van der Waals surface area contributed by atoms with Gasteiger partial charge in [0.05, 0.1) is 35.8 Å². The lowest BCUT2D eigenvalue weighted by atomic mass is 10.1. The predicted molar refractivity (Wildman–Crippen MR) is 83.6 cm³/mol. The number of alkyl halides is 1. The zero-order valence-corrected chi connectivity index (χ0v) is 13.0. The van der Waals surface area contributed by atoms with Crippen LogP contribution in [0.15, 0.2) is 24.4 Å². The molecule has 4 rings (SSSR count). The zero-order chi connectivity index (χ0) is 15.1. The van der Waals surface area contributed by atoms with Crippen molar-refractivity contribution < 1.29 is 4.74 Å². The molecule has 114 valence electrons. The van der Waals surface area contributed by atoms with Crippen LogP contribution < -0.4 is 0 Å². The van der Waals surface area contributed by atoms with Crippen molar-refractivity contribution in [3.05, 3.63) is 30.2 Å². The number of rotatable bonds is 4. The number of imidazole rings is 1. The van der Waals surface area contributed by atoms with Crippen molar-refractivity contribution in [1.29, 1.82) is 0 Å². The van der Waals surface area contributed by atoms with Crippen LogP contribution in [0.2, 0.25) is 0 Å². The van der Waals surface area contributed by atoms with Crippen molar-refractivity contribution in [2.75, 3.05) is 6.61 Å². The van der Waals surface area contributed by atoms with Crippen LogP contribution in [-0.4, -0.2) is 37.3 Å². The van der Waals surface area contributed by atoms with Gasteiger partial charge < -0.3 is 9.30 Å². The van der Waals surface area contributed by atoms with Gasteiger partial charge in [-0.05, 0) is 18.6 Å². The number of fused-ring (bicyclic) bond motifs is 1. The van der Waals surface area contributed by atoms with Gasteiger partial charge in [0.15, 0.2) is 0 Å². The maximum Gasteiger partial charge on any atom is 0.124 e. The highest BCUT2D eigenvalue weighted by Crippen LogP contribution is 2.26. The van der Waals surface area contributed by atoms with Crippen LogP contribution in [0.4, 0.5) is 0 Å². The number of hydrogen-bond acceptors (Lipinski definition) is 4. The highest BCUT2D eigenvalue weighted by atomic mass is 35.5. The van der Waals surface area contributed by atoms with Gasteiger partial charge >= 0.3 is 0 Å². The molecule has 0 aliphatic carbocycles. The van der Waals surface area contributed by atoms with Gasteiger partial charge in [-0.3, -0.25) is 4.68 Å². The molecule has 0 unspecified atom stereocenters. The van der Waals surface area contributed by atoms with Crippen molar-refractivity contribution in [2.45, 2.75) is 24.9 Å². The van der Waals surface area contributed by atoms with Crippen molar-refractivity contribution in [3.63, 3.8) is 0 Å². The number of nitrogens with zero attached hydrogens (tertiary/aromatic N) is 5. The Morgan fingerprint density at radius 1 is 1.41 bits per heavy atom. The molecule has 0 saturated carbocycles. The van der Waals surface area contributed by atoms with Gasteiger partial charge in [0.2, 0.25) is 0 Å². The number of benzene rings is 1. The van der Waals surface area contributed by atoms with Crippen LogP contribution in [0.3, 0.4) is 0 Å². The molecule has 0 spiro atoms. The van der Waals surface area contributed by atoms with E-state index >= 15 is 0 Å². The summed E-state index contributed by atoms with van der Waals surface area (Å²) >= 11 is 6.06. The highest BCUT2D eigenvalue weighted by molar-refractivity contribution is 6.16. The van der Waals surface area contributed by atoms with Gasteiger partial charge in [-0.1, -0.05) is 11.3 Å².